The summed E-state index contributed by atoms with van der Waals surface area (Å²) in [5.74, 6) is 0. The molecule has 1 aromatic heterocycles. The third-order valence-corrected chi connectivity index (χ3v) is 2.78. The number of carbonyl (C=O) groups is 1. The second-order valence-electron chi connectivity index (χ2n) is 3.90. The lowest BCUT2D eigenvalue weighted by Crippen LogP contribution is -2.19. The van der Waals surface area contributed by atoms with E-state index in [0.29, 0.717) is 6.54 Å². The van der Waals surface area contributed by atoms with E-state index in [1.165, 1.54) is 16.5 Å². The number of rotatable bonds is 5. The minimum absolute atomic E-state index is 0.435. The van der Waals surface area contributed by atoms with Gasteiger partial charge in [0.15, 0.2) is 0 Å². The van der Waals surface area contributed by atoms with E-state index in [2.05, 4.69) is 47.4 Å². The molecule has 1 aromatic carbocycles. The standard InChI is InChI=1S/C13H16N2O/c1-15-10-11(6-7-14-8-9-16)12-4-2-3-5-13(12)15/h2-5,9-10,14H,6-8H2,1H3. The summed E-state index contributed by atoms with van der Waals surface area (Å²) in [5.41, 5.74) is 2.59. The van der Waals surface area contributed by atoms with Crippen LogP contribution in [0.1, 0.15) is 5.56 Å². The van der Waals surface area contributed by atoms with Gasteiger partial charge in [-0.25, -0.2) is 0 Å². The molecule has 0 radical (unpaired) electrons. The molecule has 1 heterocycles. The molecule has 2 rings (SSSR count). The number of hydrogen-bond acceptors (Lipinski definition) is 2. The minimum Gasteiger partial charge on any atom is -0.350 e. The molecule has 0 fully saturated rings. The van der Waals surface area contributed by atoms with E-state index >= 15 is 0 Å². The molecule has 0 amide bonds. The van der Waals surface area contributed by atoms with Gasteiger partial charge < -0.3 is 14.7 Å². The molecule has 0 saturated carbocycles. The van der Waals surface area contributed by atoms with Gasteiger partial charge >= 0.3 is 0 Å². The molecule has 84 valence electrons. The lowest BCUT2D eigenvalue weighted by Gasteiger charge is -1.99. The van der Waals surface area contributed by atoms with Crippen LogP contribution in [0.15, 0.2) is 30.5 Å². The maximum absolute atomic E-state index is 10.2. The Hall–Kier alpha value is -1.61. The van der Waals surface area contributed by atoms with Gasteiger partial charge in [0.05, 0.1) is 6.54 Å². The molecule has 16 heavy (non-hydrogen) atoms. The Bertz CT molecular complexity index is 488. The van der Waals surface area contributed by atoms with E-state index in [0.717, 1.165) is 19.3 Å². The first-order valence-electron chi connectivity index (χ1n) is 5.50. The maximum Gasteiger partial charge on any atom is 0.133 e. The lowest BCUT2D eigenvalue weighted by molar-refractivity contribution is -0.107. The van der Waals surface area contributed by atoms with Gasteiger partial charge in [-0.2, -0.15) is 0 Å². The van der Waals surface area contributed by atoms with Crippen LogP contribution in [0.4, 0.5) is 0 Å². The number of aldehydes is 1. The third-order valence-electron chi connectivity index (χ3n) is 2.78. The Morgan fingerprint density at radius 3 is 3.00 bits per heavy atom. The highest BCUT2D eigenvalue weighted by Crippen LogP contribution is 2.20. The van der Waals surface area contributed by atoms with Crippen molar-refractivity contribution in [3.05, 3.63) is 36.0 Å². The monoisotopic (exact) mass is 216 g/mol. The average molecular weight is 216 g/mol. The van der Waals surface area contributed by atoms with Crippen molar-refractivity contribution in [3.8, 4) is 0 Å². The second kappa shape index (κ2) is 4.94. The number of fused-ring (bicyclic) bond motifs is 1. The number of nitrogens with one attached hydrogen (secondary N) is 1. The van der Waals surface area contributed by atoms with Gasteiger partial charge in [-0.05, 0) is 24.6 Å². The van der Waals surface area contributed by atoms with E-state index in [4.69, 9.17) is 0 Å². The first kappa shape index (κ1) is 10.9. The van der Waals surface area contributed by atoms with Crippen molar-refractivity contribution in [2.24, 2.45) is 7.05 Å². The van der Waals surface area contributed by atoms with Crippen molar-refractivity contribution in [1.82, 2.24) is 9.88 Å². The molecule has 0 unspecified atom stereocenters. The van der Waals surface area contributed by atoms with Crippen molar-refractivity contribution < 1.29 is 4.79 Å². The molecule has 0 saturated heterocycles. The SMILES string of the molecule is Cn1cc(CCNCC=O)c2ccccc21. The van der Waals surface area contributed by atoms with Gasteiger partial charge in [-0.3, -0.25) is 0 Å². The largest absolute Gasteiger partial charge is 0.350 e. The van der Waals surface area contributed by atoms with Crippen molar-refractivity contribution in [2.45, 2.75) is 6.42 Å². The molecule has 0 aliphatic heterocycles. The van der Waals surface area contributed by atoms with Gasteiger partial charge in [-0.1, -0.05) is 18.2 Å². The highest BCUT2D eigenvalue weighted by Gasteiger charge is 2.04. The minimum atomic E-state index is 0.435. The highest BCUT2D eigenvalue weighted by molar-refractivity contribution is 5.83. The lowest BCUT2D eigenvalue weighted by atomic mass is 10.1. The number of benzene rings is 1. The van der Waals surface area contributed by atoms with Crippen LogP contribution in [-0.2, 0) is 18.3 Å². The number of nitrogens with zero attached hydrogens (tertiary/aromatic N) is 1. The summed E-state index contributed by atoms with van der Waals surface area (Å²) in [7, 11) is 2.06. The van der Waals surface area contributed by atoms with Crippen molar-refractivity contribution in [3.63, 3.8) is 0 Å². The fraction of sp³-hybridized carbons (Fsp3) is 0.308. The summed E-state index contributed by atoms with van der Waals surface area (Å²) in [6.45, 7) is 1.28. The molecule has 0 aliphatic carbocycles. The summed E-state index contributed by atoms with van der Waals surface area (Å²) in [4.78, 5) is 10.2. The number of aryl methyl sites for hydroxylation is 1. The Morgan fingerprint density at radius 1 is 1.38 bits per heavy atom. The van der Waals surface area contributed by atoms with Crippen LogP contribution in [0.2, 0.25) is 0 Å². The average Bonchev–Trinajstić information content (AvgIpc) is 2.63. The predicted octanol–water partition coefficient (Wildman–Crippen LogP) is 1.51. The number of carbonyl (C=O) groups excluding carboxylic acids is 1. The van der Waals surface area contributed by atoms with Crippen LogP contribution in [-0.4, -0.2) is 23.9 Å². The van der Waals surface area contributed by atoms with Crippen LogP contribution in [0, 0.1) is 0 Å². The summed E-state index contributed by atoms with van der Waals surface area (Å²) in [5, 5.41) is 4.38. The molecule has 0 aliphatic rings. The zero-order valence-corrected chi connectivity index (χ0v) is 9.44. The Morgan fingerprint density at radius 2 is 2.19 bits per heavy atom. The first-order valence-corrected chi connectivity index (χ1v) is 5.50. The van der Waals surface area contributed by atoms with Gasteiger partial charge in [-0.15, -0.1) is 0 Å². The molecule has 0 bridgehead atoms. The Kier molecular flexibility index (Phi) is 3.37. The maximum atomic E-state index is 10.2. The van der Waals surface area contributed by atoms with E-state index < -0.39 is 0 Å². The van der Waals surface area contributed by atoms with Crippen LogP contribution >= 0.6 is 0 Å². The fourth-order valence-corrected chi connectivity index (χ4v) is 2.01. The van der Waals surface area contributed by atoms with Gasteiger partial charge in [0.25, 0.3) is 0 Å². The highest BCUT2D eigenvalue weighted by atomic mass is 16.1. The van der Waals surface area contributed by atoms with Crippen molar-refractivity contribution in [1.29, 1.82) is 0 Å². The molecule has 0 atom stereocenters. The topological polar surface area (TPSA) is 34.0 Å². The normalized spacial score (nSPS) is 10.8. The van der Waals surface area contributed by atoms with Gasteiger partial charge in [0, 0.05) is 24.1 Å². The number of aromatic nitrogens is 1. The Labute approximate surface area is 95.1 Å². The molecule has 0 spiro atoms. The molecule has 1 N–H and O–H groups in total. The van der Waals surface area contributed by atoms with E-state index in [1.807, 2.05) is 0 Å². The van der Waals surface area contributed by atoms with Crippen molar-refractivity contribution >= 4 is 17.2 Å². The fourth-order valence-electron chi connectivity index (χ4n) is 2.01. The molecular weight excluding hydrogens is 200 g/mol. The van der Waals surface area contributed by atoms with Gasteiger partial charge in [0.1, 0.15) is 6.29 Å². The number of para-hydroxylation sites is 1. The quantitative estimate of drug-likeness (QED) is 0.607. The zero-order chi connectivity index (χ0) is 11.4. The smallest absolute Gasteiger partial charge is 0.133 e. The van der Waals surface area contributed by atoms with Crippen LogP contribution in [0.5, 0.6) is 0 Å². The summed E-state index contributed by atoms with van der Waals surface area (Å²) < 4.78 is 2.14. The second-order valence-corrected chi connectivity index (χ2v) is 3.90. The van der Waals surface area contributed by atoms with Crippen molar-refractivity contribution in [2.75, 3.05) is 13.1 Å². The van der Waals surface area contributed by atoms with Gasteiger partial charge in [0.2, 0.25) is 0 Å². The van der Waals surface area contributed by atoms with Crippen LogP contribution in [0.25, 0.3) is 10.9 Å². The van der Waals surface area contributed by atoms with E-state index in [-0.39, 0.29) is 0 Å². The Balaban J connectivity index is 2.15. The van der Waals surface area contributed by atoms with Crippen LogP contribution < -0.4 is 5.32 Å². The summed E-state index contributed by atoms with van der Waals surface area (Å²) in [6.07, 6.45) is 4.01. The molecule has 3 heteroatoms. The summed E-state index contributed by atoms with van der Waals surface area (Å²) in [6, 6.07) is 8.38. The molecule has 3 nitrogen and oxygen atoms in total. The van der Waals surface area contributed by atoms with Crippen LogP contribution in [0.3, 0.4) is 0 Å². The predicted molar refractivity (Wildman–Crippen MR) is 65.6 cm³/mol. The van der Waals surface area contributed by atoms with E-state index in [1.54, 1.807) is 0 Å². The first-order chi connectivity index (χ1) is 7.83. The zero-order valence-electron chi connectivity index (χ0n) is 9.44. The molecular formula is C13H16N2O. The summed E-state index contributed by atoms with van der Waals surface area (Å²) >= 11 is 0. The van der Waals surface area contributed by atoms with E-state index in [9.17, 15) is 4.79 Å². The number of hydrogen-bond donors (Lipinski definition) is 1. The third kappa shape index (κ3) is 2.14. The molecule has 2 aromatic rings.